The van der Waals surface area contributed by atoms with E-state index in [0.717, 1.165) is 16.7 Å². The van der Waals surface area contributed by atoms with Crippen molar-refractivity contribution in [3.05, 3.63) is 45.7 Å². The lowest BCUT2D eigenvalue weighted by Gasteiger charge is -2.19. The molecule has 0 aliphatic heterocycles. The van der Waals surface area contributed by atoms with Gasteiger partial charge in [-0.2, -0.15) is 0 Å². The van der Waals surface area contributed by atoms with Crippen LogP contribution in [0.5, 0.6) is 0 Å². The molecule has 1 heterocycles. The quantitative estimate of drug-likeness (QED) is 0.908. The van der Waals surface area contributed by atoms with Crippen molar-refractivity contribution in [3.63, 3.8) is 0 Å². The fourth-order valence-electron chi connectivity index (χ4n) is 2.34. The van der Waals surface area contributed by atoms with E-state index in [9.17, 15) is 0 Å². The highest BCUT2D eigenvalue weighted by molar-refractivity contribution is 9.10. The molecule has 0 radical (unpaired) electrons. The first-order valence-electron chi connectivity index (χ1n) is 6.72. The minimum atomic E-state index is 0.838. The number of hydrogen-bond acceptors (Lipinski definition) is 2. The van der Waals surface area contributed by atoms with Crippen molar-refractivity contribution in [2.24, 2.45) is 7.05 Å². The number of hydrogen-bond donors (Lipinski definition) is 1. The molecular formula is C16H22BrN3. The molecule has 4 heteroatoms. The molecule has 2 rings (SSSR count). The van der Waals surface area contributed by atoms with E-state index in [1.54, 1.807) is 0 Å². The molecule has 1 N–H and O–H groups in total. The highest BCUT2D eigenvalue weighted by Gasteiger charge is 2.08. The van der Waals surface area contributed by atoms with Gasteiger partial charge in [0.1, 0.15) is 0 Å². The molecule has 0 unspecified atom stereocenters. The van der Waals surface area contributed by atoms with Gasteiger partial charge in [-0.1, -0.05) is 15.9 Å². The van der Waals surface area contributed by atoms with Crippen molar-refractivity contribution in [3.8, 4) is 0 Å². The third-order valence-corrected chi connectivity index (χ3v) is 4.28. The Morgan fingerprint density at radius 1 is 1.20 bits per heavy atom. The van der Waals surface area contributed by atoms with Crippen LogP contribution in [-0.4, -0.2) is 18.7 Å². The van der Waals surface area contributed by atoms with Gasteiger partial charge in [-0.15, -0.1) is 0 Å². The van der Waals surface area contributed by atoms with Gasteiger partial charge in [-0.05, 0) is 43.7 Å². The number of anilines is 2. The summed E-state index contributed by atoms with van der Waals surface area (Å²) < 4.78 is 3.32. The fourth-order valence-corrected chi connectivity index (χ4v) is 2.70. The second-order valence-corrected chi connectivity index (χ2v) is 6.28. The average molecular weight is 336 g/mol. The summed E-state index contributed by atoms with van der Waals surface area (Å²) >= 11 is 3.54. The van der Waals surface area contributed by atoms with Gasteiger partial charge in [0, 0.05) is 43.5 Å². The smallest absolute Gasteiger partial charge is 0.0597 e. The predicted octanol–water partition coefficient (Wildman–Crippen LogP) is 4.08. The number of aryl methyl sites for hydroxylation is 1. The van der Waals surface area contributed by atoms with E-state index in [4.69, 9.17) is 0 Å². The number of nitrogens with zero attached hydrogens (tertiary/aromatic N) is 2. The Hall–Kier alpha value is -1.42. The van der Waals surface area contributed by atoms with Crippen molar-refractivity contribution in [1.29, 1.82) is 0 Å². The maximum absolute atomic E-state index is 3.55. The third-order valence-electron chi connectivity index (χ3n) is 3.79. The summed E-state index contributed by atoms with van der Waals surface area (Å²) in [5.74, 6) is 0. The first kappa shape index (κ1) is 15.0. The summed E-state index contributed by atoms with van der Waals surface area (Å²) in [6.45, 7) is 5.14. The van der Waals surface area contributed by atoms with Crippen LogP contribution in [0.2, 0.25) is 0 Å². The number of halogens is 1. The number of benzene rings is 1. The standard InChI is InChI=1S/C16H22BrN3/c1-11-8-13(12(2)20(11)5)10-18-15-9-14(17)6-7-16(15)19(3)4/h6-9,18H,10H2,1-5H3. The van der Waals surface area contributed by atoms with Gasteiger partial charge in [0.25, 0.3) is 0 Å². The Morgan fingerprint density at radius 3 is 2.45 bits per heavy atom. The van der Waals surface area contributed by atoms with Crippen molar-refractivity contribution in [2.75, 3.05) is 24.3 Å². The largest absolute Gasteiger partial charge is 0.379 e. The van der Waals surface area contributed by atoms with Crippen molar-refractivity contribution in [1.82, 2.24) is 4.57 Å². The van der Waals surface area contributed by atoms with Gasteiger partial charge in [-0.25, -0.2) is 0 Å². The Kier molecular flexibility index (Phi) is 4.43. The second kappa shape index (κ2) is 5.92. The Morgan fingerprint density at radius 2 is 1.90 bits per heavy atom. The Labute approximate surface area is 129 Å². The molecule has 2 aromatic rings. The molecule has 0 amide bonds. The molecule has 0 atom stereocenters. The SMILES string of the molecule is Cc1cc(CNc2cc(Br)ccc2N(C)C)c(C)n1C. The zero-order valence-electron chi connectivity index (χ0n) is 12.8. The van der Waals surface area contributed by atoms with E-state index in [1.807, 2.05) is 0 Å². The molecule has 0 saturated carbocycles. The molecule has 20 heavy (non-hydrogen) atoms. The number of aromatic nitrogens is 1. The minimum absolute atomic E-state index is 0.838. The normalized spacial score (nSPS) is 10.7. The zero-order chi connectivity index (χ0) is 14.9. The molecular weight excluding hydrogens is 314 g/mol. The topological polar surface area (TPSA) is 20.2 Å². The van der Waals surface area contributed by atoms with Gasteiger partial charge < -0.3 is 14.8 Å². The molecule has 0 spiro atoms. The van der Waals surface area contributed by atoms with Crippen LogP contribution in [0.25, 0.3) is 0 Å². The van der Waals surface area contributed by atoms with Crippen LogP contribution in [0.4, 0.5) is 11.4 Å². The summed E-state index contributed by atoms with van der Waals surface area (Å²) in [5.41, 5.74) is 6.29. The van der Waals surface area contributed by atoms with E-state index in [0.29, 0.717) is 0 Å². The van der Waals surface area contributed by atoms with E-state index in [2.05, 4.69) is 90.0 Å². The fraction of sp³-hybridized carbons (Fsp3) is 0.375. The summed E-state index contributed by atoms with van der Waals surface area (Å²) in [7, 11) is 6.23. The summed E-state index contributed by atoms with van der Waals surface area (Å²) in [6.07, 6.45) is 0. The van der Waals surface area contributed by atoms with Crippen molar-refractivity contribution in [2.45, 2.75) is 20.4 Å². The molecule has 108 valence electrons. The van der Waals surface area contributed by atoms with E-state index in [-0.39, 0.29) is 0 Å². The summed E-state index contributed by atoms with van der Waals surface area (Å²) in [5, 5.41) is 3.55. The number of nitrogens with one attached hydrogen (secondary N) is 1. The van der Waals surface area contributed by atoms with Gasteiger partial charge in [-0.3, -0.25) is 0 Å². The minimum Gasteiger partial charge on any atom is -0.379 e. The Balaban J connectivity index is 2.22. The molecule has 0 aliphatic rings. The van der Waals surface area contributed by atoms with Crippen LogP contribution in [0, 0.1) is 13.8 Å². The van der Waals surface area contributed by atoms with Crippen molar-refractivity contribution >= 4 is 27.3 Å². The van der Waals surface area contributed by atoms with Gasteiger partial charge in [0.05, 0.1) is 11.4 Å². The molecule has 1 aromatic heterocycles. The molecule has 0 bridgehead atoms. The average Bonchev–Trinajstić information content (AvgIpc) is 2.63. The number of rotatable bonds is 4. The molecule has 0 saturated heterocycles. The molecule has 0 fully saturated rings. The van der Waals surface area contributed by atoms with Crippen LogP contribution in [0.15, 0.2) is 28.7 Å². The van der Waals surface area contributed by atoms with Crippen LogP contribution < -0.4 is 10.2 Å². The molecule has 3 nitrogen and oxygen atoms in total. The molecule has 0 aliphatic carbocycles. The van der Waals surface area contributed by atoms with E-state index in [1.165, 1.54) is 22.6 Å². The zero-order valence-corrected chi connectivity index (χ0v) is 14.4. The summed E-state index contributed by atoms with van der Waals surface area (Å²) in [4.78, 5) is 2.12. The van der Waals surface area contributed by atoms with Crippen molar-refractivity contribution < 1.29 is 0 Å². The predicted molar refractivity (Wildman–Crippen MR) is 90.7 cm³/mol. The van der Waals surface area contributed by atoms with Gasteiger partial charge in [0.2, 0.25) is 0 Å². The second-order valence-electron chi connectivity index (χ2n) is 5.36. The lowest BCUT2D eigenvalue weighted by Crippen LogP contribution is -2.12. The van der Waals surface area contributed by atoms with Gasteiger partial charge in [0.15, 0.2) is 0 Å². The van der Waals surface area contributed by atoms with E-state index >= 15 is 0 Å². The van der Waals surface area contributed by atoms with Crippen LogP contribution in [0.1, 0.15) is 17.0 Å². The van der Waals surface area contributed by atoms with Crippen LogP contribution in [-0.2, 0) is 13.6 Å². The van der Waals surface area contributed by atoms with E-state index < -0.39 is 0 Å². The van der Waals surface area contributed by atoms with Gasteiger partial charge >= 0.3 is 0 Å². The van der Waals surface area contributed by atoms with Crippen LogP contribution in [0.3, 0.4) is 0 Å². The first-order valence-corrected chi connectivity index (χ1v) is 7.52. The maximum Gasteiger partial charge on any atom is 0.0597 e. The highest BCUT2D eigenvalue weighted by Crippen LogP contribution is 2.28. The molecule has 1 aromatic carbocycles. The van der Waals surface area contributed by atoms with Crippen LogP contribution >= 0.6 is 15.9 Å². The lowest BCUT2D eigenvalue weighted by molar-refractivity contribution is 0.837. The first-order chi connectivity index (χ1) is 9.40. The maximum atomic E-state index is 3.55. The highest BCUT2D eigenvalue weighted by atomic mass is 79.9. The lowest BCUT2D eigenvalue weighted by atomic mass is 10.2. The third kappa shape index (κ3) is 3.01. The Bertz CT molecular complexity index is 614. The summed E-state index contributed by atoms with van der Waals surface area (Å²) in [6, 6.07) is 8.56. The monoisotopic (exact) mass is 335 g/mol.